The Kier molecular flexibility index (Phi) is 6.20. The van der Waals surface area contributed by atoms with E-state index in [4.69, 9.17) is 4.74 Å². The molecule has 21 heavy (non-hydrogen) atoms. The number of methoxy groups -OCH3 is 1. The molecule has 0 aliphatic heterocycles. The Morgan fingerprint density at radius 3 is 3.10 bits per heavy atom. The Balaban J connectivity index is 1.97. The smallest absolute Gasteiger partial charge is 0.283 e. The van der Waals surface area contributed by atoms with Gasteiger partial charge in [-0.15, -0.1) is 0 Å². The van der Waals surface area contributed by atoms with E-state index in [1.807, 2.05) is 0 Å². The molecule has 2 unspecified atom stereocenters. The number of aromatic nitrogens is 2. The van der Waals surface area contributed by atoms with E-state index in [1.165, 1.54) is 4.68 Å². The van der Waals surface area contributed by atoms with Crippen molar-refractivity contribution in [3.8, 4) is 0 Å². The second kappa shape index (κ2) is 7.91. The summed E-state index contributed by atoms with van der Waals surface area (Å²) in [6.45, 7) is 1.63. The summed E-state index contributed by atoms with van der Waals surface area (Å²) < 4.78 is 6.82. The lowest BCUT2D eigenvalue weighted by Gasteiger charge is -2.26. The van der Waals surface area contributed by atoms with Crippen LogP contribution in [0.2, 0.25) is 0 Å². The lowest BCUT2D eigenvalue weighted by molar-refractivity contribution is 0.105. The number of anilines is 1. The fraction of sp³-hybridized carbons (Fsp3) is 0.714. The third kappa shape index (κ3) is 4.52. The number of ether oxygens (including phenoxy) is 1. The maximum Gasteiger partial charge on any atom is 0.283 e. The second-order valence-corrected chi connectivity index (χ2v) is 6.25. The van der Waals surface area contributed by atoms with Crippen LogP contribution in [0.3, 0.4) is 0 Å². The molecule has 2 atom stereocenters. The van der Waals surface area contributed by atoms with Crippen LogP contribution in [0.25, 0.3) is 0 Å². The maximum absolute atomic E-state index is 12.1. The minimum absolute atomic E-state index is 0.166. The summed E-state index contributed by atoms with van der Waals surface area (Å²) in [7, 11) is 1.59. The molecule has 0 saturated heterocycles. The highest BCUT2D eigenvalue weighted by molar-refractivity contribution is 9.10. The first-order valence-electron chi connectivity index (χ1n) is 7.28. The van der Waals surface area contributed by atoms with Crippen molar-refractivity contribution in [2.75, 3.05) is 25.6 Å². The summed E-state index contributed by atoms with van der Waals surface area (Å²) in [5.74, 6) is 0.441. The zero-order chi connectivity index (χ0) is 15.2. The topological polar surface area (TPSA) is 76.4 Å². The molecule has 0 radical (unpaired) electrons. The van der Waals surface area contributed by atoms with E-state index in [0.29, 0.717) is 29.2 Å². The van der Waals surface area contributed by atoms with Crippen molar-refractivity contribution in [3.63, 3.8) is 0 Å². The van der Waals surface area contributed by atoms with Crippen LogP contribution in [0.15, 0.2) is 15.5 Å². The molecule has 0 spiro atoms. The lowest BCUT2D eigenvalue weighted by atomic mass is 9.87. The third-order valence-corrected chi connectivity index (χ3v) is 4.59. The van der Waals surface area contributed by atoms with Crippen molar-refractivity contribution in [3.05, 3.63) is 21.0 Å². The van der Waals surface area contributed by atoms with Gasteiger partial charge in [0.2, 0.25) is 0 Å². The molecular weight excluding hydrogens is 338 g/mol. The number of aliphatic hydroxyl groups is 1. The zero-order valence-corrected chi connectivity index (χ0v) is 13.8. The van der Waals surface area contributed by atoms with Gasteiger partial charge >= 0.3 is 0 Å². The van der Waals surface area contributed by atoms with Crippen LogP contribution >= 0.6 is 15.9 Å². The van der Waals surface area contributed by atoms with E-state index in [2.05, 4.69) is 26.3 Å². The third-order valence-electron chi connectivity index (χ3n) is 3.83. The predicted octanol–water partition coefficient (Wildman–Crippen LogP) is 1.62. The van der Waals surface area contributed by atoms with E-state index < -0.39 is 0 Å². The molecule has 1 aromatic heterocycles. The molecule has 1 saturated carbocycles. The predicted molar refractivity (Wildman–Crippen MR) is 84.5 cm³/mol. The molecule has 0 amide bonds. The van der Waals surface area contributed by atoms with Crippen molar-refractivity contribution in [2.24, 2.45) is 5.92 Å². The Hall–Kier alpha value is -0.920. The molecule has 1 heterocycles. The first kappa shape index (κ1) is 16.5. The van der Waals surface area contributed by atoms with Gasteiger partial charge in [0.1, 0.15) is 4.47 Å². The summed E-state index contributed by atoms with van der Waals surface area (Å²) in [4.78, 5) is 12.1. The average molecular weight is 360 g/mol. The molecule has 0 aromatic carbocycles. The molecule has 7 heteroatoms. The van der Waals surface area contributed by atoms with Crippen LogP contribution < -0.4 is 10.9 Å². The quantitative estimate of drug-likeness (QED) is 0.806. The number of aliphatic hydroxyl groups excluding tert-OH is 1. The molecule has 118 valence electrons. The molecule has 1 fully saturated rings. The minimum atomic E-state index is -0.186. The van der Waals surface area contributed by atoms with Gasteiger partial charge in [0.15, 0.2) is 0 Å². The standard InChI is InChI=1S/C14H22BrN3O3/c1-21-6-5-18-14(20)13(15)12(9-17-18)16-8-10-3-2-4-11(19)7-10/h9-11,16,19H,2-8H2,1H3. The lowest BCUT2D eigenvalue weighted by Crippen LogP contribution is -2.28. The SMILES string of the molecule is COCCn1ncc(NCC2CCCC(O)C2)c(Br)c1=O. The fourth-order valence-corrected chi connectivity index (χ4v) is 3.07. The molecule has 0 bridgehead atoms. The molecule has 1 aromatic rings. The number of nitrogens with zero attached hydrogens (tertiary/aromatic N) is 2. The number of nitrogens with one attached hydrogen (secondary N) is 1. The van der Waals surface area contributed by atoms with Gasteiger partial charge in [-0.3, -0.25) is 4.79 Å². The highest BCUT2D eigenvalue weighted by Crippen LogP contribution is 2.25. The highest BCUT2D eigenvalue weighted by Gasteiger charge is 2.20. The number of hydrogen-bond acceptors (Lipinski definition) is 5. The monoisotopic (exact) mass is 359 g/mol. The normalized spacial score (nSPS) is 22.2. The van der Waals surface area contributed by atoms with Crippen molar-refractivity contribution < 1.29 is 9.84 Å². The molecular formula is C14H22BrN3O3. The van der Waals surface area contributed by atoms with Crippen LogP contribution in [-0.4, -0.2) is 41.3 Å². The van der Waals surface area contributed by atoms with E-state index in [0.717, 1.165) is 32.2 Å². The van der Waals surface area contributed by atoms with Crippen LogP contribution in [-0.2, 0) is 11.3 Å². The Labute approximate surface area is 132 Å². The molecule has 1 aliphatic carbocycles. The van der Waals surface area contributed by atoms with Gasteiger partial charge in [-0.1, -0.05) is 6.42 Å². The molecule has 2 N–H and O–H groups in total. The summed E-state index contributed by atoms with van der Waals surface area (Å²) in [5, 5.41) is 17.1. The first-order chi connectivity index (χ1) is 10.1. The maximum atomic E-state index is 12.1. The average Bonchev–Trinajstić information content (AvgIpc) is 2.48. The van der Waals surface area contributed by atoms with Gasteiger partial charge in [-0.05, 0) is 41.1 Å². The second-order valence-electron chi connectivity index (χ2n) is 5.46. The van der Waals surface area contributed by atoms with E-state index in [1.54, 1.807) is 13.3 Å². The van der Waals surface area contributed by atoms with Gasteiger partial charge in [0.25, 0.3) is 5.56 Å². The van der Waals surface area contributed by atoms with Crippen LogP contribution in [0.4, 0.5) is 5.69 Å². The first-order valence-corrected chi connectivity index (χ1v) is 8.07. The van der Waals surface area contributed by atoms with Gasteiger partial charge in [-0.2, -0.15) is 5.10 Å². The number of halogens is 1. The zero-order valence-electron chi connectivity index (χ0n) is 12.2. The van der Waals surface area contributed by atoms with Gasteiger partial charge < -0.3 is 15.2 Å². The van der Waals surface area contributed by atoms with Gasteiger partial charge in [0.05, 0.1) is 31.1 Å². The van der Waals surface area contributed by atoms with Crippen molar-refractivity contribution in [1.82, 2.24) is 9.78 Å². The summed E-state index contributed by atoms with van der Waals surface area (Å²) >= 11 is 3.33. The molecule has 1 aliphatic rings. The van der Waals surface area contributed by atoms with E-state index in [-0.39, 0.29) is 11.7 Å². The van der Waals surface area contributed by atoms with Crippen molar-refractivity contribution in [1.29, 1.82) is 0 Å². The van der Waals surface area contributed by atoms with Crippen LogP contribution in [0.1, 0.15) is 25.7 Å². The summed E-state index contributed by atoms with van der Waals surface area (Å²) in [5.41, 5.74) is 0.537. The molecule has 2 rings (SSSR count). The largest absolute Gasteiger partial charge is 0.393 e. The van der Waals surface area contributed by atoms with Gasteiger partial charge in [0, 0.05) is 13.7 Å². The summed E-state index contributed by atoms with van der Waals surface area (Å²) in [6, 6.07) is 0. The Morgan fingerprint density at radius 1 is 1.57 bits per heavy atom. The molecule has 6 nitrogen and oxygen atoms in total. The van der Waals surface area contributed by atoms with Gasteiger partial charge in [-0.25, -0.2) is 4.68 Å². The van der Waals surface area contributed by atoms with Crippen LogP contribution in [0, 0.1) is 5.92 Å². The minimum Gasteiger partial charge on any atom is -0.393 e. The van der Waals surface area contributed by atoms with E-state index >= 15 is 0 Å². The fourth-order valence-electron chi connectivity index (χ4n) is 2.63. The Morgan fingerprint density at radius 2 is 2.38 bits per heavy atom. The number of hydrogen-bond donors (Lipinski definition) is 2. The highest BCUT2D eigenvalue weighted by atomic mass is 79.9. The van der Waals surface area contributed by atoms with Crippen molar-refractivity contribution in [2.45, 2.75) is 38.3 Å². The van der Waals surface area contributed by atoms with Crippen LogP contribution in [0.5, 0.6) is 0 Å². The summed E-state index contributed by atoms with van der Waals surface area (Å²) in [6.07, 6.45) is 5.36. The van der Waals surface area contributed by atoms with Crippen molar-refractivity contribution >= 4 is 21.6 Å². The van der Waals surface area contributed by atoms with E-state index in [9.17, 15) is 9.90 Å². The Bertz CT molecular complexity index is 521. The number of rotatable bonds is 6.